The van der Waals surface area contributed by atoms with Gasteiger partial charge in [0.1, 0.15) is 5.82 Å². The van der Waals surface area contributed by atoms with Crippen molar-refractivity contribution in [2.24, 2.45) is 0 Å². The summed E-state index contributed by atoms with van der Waals surface area (Å²) in [6, 6.07) is 9.55. The average Bonchev–Trinajstić information content (AvgIpc) is 2.74. The van der Waals surface area contributed by atoms with Crippen LogP contribution in [0.3, 0.4) is 0 Å². The Labute approximate surface area is 163 Å². The maximum absolute atomic E-state index is 12.5. The minimum Gasteiger partial charge on any atom is -0.493 e. The van der Waals surface area contributed by atoms with Gasteiger partial charge in [0.05, 0.1) is 19.9 Å². The highest BCUT2D eigenvalue weighted by molar-refractivity contribution is 5.54. The first-order valence-corrected chi connectivity index (χ1v) is 9.14. The Balaban J connectivity index is 1.62. The van der Waals surface area contributed by atoms with Crippen LogP contribution >= 0.6 is 0 Å². The van der Waals surface area contributed by atoms with E-state index in [1.807, 2.05) is 30.3 Å². The van der Waals surface area contributed by atoms with E-state index in [0.29, 0.717) is 31.1 Å². The van der Waals surface area contributed by atoms with Crippen LogP contribution in [0.25, 0.3) is 11.4 Å². The predicted molar refractivity (Wildman–Crippen MR) is 105 cm³/mol. The molecule has 1 aromatic carbocycles. The maximum atomic E-state index is 12.5. The van der Waals surface area contributed by atoms with Crippen LogP contribution in [-0.2, 0) is 19.5 Å². The second-order valence-corrected chi connectivity index (χ2v) is 6.69. The molecular weight excluding hydrogens is 356 g/mol. The Morgan fingerprint density at radius 3 is 2.71 bits per heavy atom. The van der Waals surface area contributed by atoms with Gasteiger partial charge in [0.2, 0.25) is 0 Å². The van der Waals surface area contributed by atoms with E-state index in [4.69, 9.17) is 14.5 Å². The average molecular weight is 378 g/mol. The molecule has 0 atom stereocenters. The standard InChI is InChI=1S/C21H22N4O3/c1-27-18-5-3-4-15(19(18)28-2)12-25-11-8-16-17(13-25)23-20(24-21(16)26)14-6-9-22-10-7-14/h3-7,9-10H,8,11-13H2,1-2H3,(H,23,24,26). The highest BCUT2D eigenvalue weighted by atomic mass is 16.5. The zero-order valence-electron chi connectivity index (χ0n) is 15.9. The fraction of sp³-hybridized carbons (Fsp3) is 0.286. The number of aromatic nitrogens is 3. The van der Waals surface area contributed by atoms with Crippen LogP contribution in [0, 0.1) is 0 Å². The first kappa shape index (κ1) is 18.2. The summed E-state index contributed by atoms with van der Waals surface area (Å²) in [5.74, 6) is 2.03. The summed E-state index contributed by atoms with van der Waals surface area (Å²) in [6.45, 7) is 2.09. The molecule has 0 radical (unpaired) electrons. The van der Waals surface area contributed by atoms with Gasteiger partial charge in [-0.3, -0.25) is 14.7 Å². The monoisotopic (exact) mass is 378 g/mol. The topological polar surface area (TPSA) is 80.3 Å². The van der Waals surface area contributed by atoms with Gasteiger partial charge in [0.15, 0.2) is 11.5 Å². The maximum Gasteiger partial charge on any atom is 0.254 e. The van der Waals surface area contributed by atoms with Crippen LogP contribution in [0.5, 0.6) is 11.5 Å². The molecule has 144 valence electrons. The zero-order valence-corrected chi connectivity index (χ0v) is 15.9. The summed E-state index contributed by atoms with van der Waals surface area (Å²) in [4.78, 5) is 26.5. The number of methoxy groups -OCH3 is 2. The van der Waals surface area contributed by atoms with E-state index in [9.17, 15) is 4.79 Å². The molecule has 28 heavy (non-hydrogen) atoms. The lowest BCUT2D eigenvalue weighted by Crippen LogP contribution is -2.35. The smallest absolute Gasteiger partial charge is 0.254 e. The van der Waals surface area contributed by atoms with Gasteiger partial charge in [-0.05, 0) is 24.6 Å². The van der Waals surface area contributed by atoms with Gasteiger partial charge < -0.3 is 14.5 Å². The highest BCUT2D eigenvalue weighted by Gasteiger charge is 2.23. The number of para-hydroxylation sites is 1. The number of hydrogen-bond acceptors (Lipinski definition) is 6. The number of fused-ring (bicyclic) bond motifs is 1. The summed E-state index contributed by atoms with van der Waals surface area (Å²) in [7, 11) is 3.28. The largest absolute Gasteiger partial charge is 0.493 e. The first-order chi connectivity index (χ1) is 13.7. The van der Waals surface area contributed by atoms with Crippen molar-refractivity contribution in [3.05, 3.63) is 69.9 Å². The highest BCUT2D eigenvalue weighted by Crippen LogP contribution is 2.32. The minimum absolute atomic E-state index is 0.0598. The number of nitrogens with zero attached hydrogens (tertiary/aromatic N) is 3. The summed E-state index contributed by atoms with van der Waals surface area (Å²) in [5.41, 5.74) is 3.43. The van der Waals surface area contributed by atoms with Crippen LogP contribution in [-0.4, -0.2) is 40.6 Å². The van der Waals surface area contributed by atoms with Gasteiger partial charge in [0, 0.05) is 48.7 Å². The molecule has 0 unspecified atom stereocenters. The molecule has 1 aliphatic heterocycles. The van der Waals surface area contributed by atoms with Crippen LogP contribution < -0.4 is 15.0 Å². The number of nitrogens with one attached hydrogen (secondary N) is 1. The summed E-state index contributed by atoms with van der Waals surface area (Å²) in [5, 5.41) is 0. The van der Waals surface area contributed by atoms with Crippen molar-refractivity contribution in [3.8, 4) is 22.9 Å². The van der Waals surface area contributed by atoms with E-state index in [-0.39, 0.29) is 5.56 Å². The first-order valence-electron chi connectivity index (χ1n) is 9.14. The van der Waals surface area contributed by atoms with Gasteiger partial charge in [0.25, 0.3) is 5.56 Å². The Morgan fingerprint density at radius 2 is 1.96 bits per heavy atom. The molecule has 0 spiro atoms. The molecule has 3 heterocycles. The van der Waals surface area contributed by atoms with Crippen molar-refractivity contribution in [2.75, 3.05) is 20.8 Å². The minimum atomic E-state index is -0.0598. The number of ether oxygens (including phenoxy) is 2. The molecule has 7 nitrogen and oxygen atoms in total. The molecule has 2 aromatic heterocycles. The molecule has 0 saturated heterocycles. The predicted octanol–water partition coefficient (Wildman–Crippen LogP) is 2.41. The number of rotatable bonds is 5. The summed E-state index contributed by atoms with van der Waals surface area (Å²) < 4.78 is 10.9. The van der Waals surface area contributed by atoms with Crippen molar-refractivity contribution in [1.29, 1.82) is 0 Å². The fourth-order valence-corrected chi connectivity index (χ4v) is 3.59. The van der Waals surface area contributed by atoms with Gasteiger partial charge in [-0.15, -0.1) is 0 Å². The van der Waals surface area contributed by atoms with Gasteiger partial charge in [-0.2, -0.15) is 0 Å². The lowest BCUT2D eigenvalue weighted by atomic mass is 10.0. The summed E-state index contributed by atoms with van der Waals surface area (Å²) >= 11 is 0. The number of pyridine rings is 1. The van der Waals surface area contributed by atoms with Crippen LogP contribution in [0.2, 0.25) is 0 Å². The molecule has 3 aromatic rings. The van der Waals surface area contributed by atoms with Gasteiger partial charge in [-0.1, -0.05) is 12.1 Å². The summed E-state index contributed by atoms with van der Waals surface area (Å²) in [6.07, 6.45) is 4.05. The van der Waals surface area contributed by atoms with E-state index < -0.39 is 0 Å². The van der Waals surface area contributed by atoms with E-state index in [0.717, 1.165) is 34.7 Å². The Kier molecular flexibility index (Phi) is 5.08. The molecule has 0 amide bonds. The van der Waals surface area contributed by atoms with Crippen molar-refractivity contribution in [3.63, 3.8) is 0 Å². The normalized spacial score (nSPS) is 13.8. The number of benzene rings is 1. The number of aromatic amines is 1. The second kappa shape index (κ2) is 7.82. The Bertz CT molecular complexity index is 1030. The van der Waals surface area contributed by atoms with Crippen molar-refractivity contribution in [1.82, 2.24) is 19.9 Å². The van der Waals surface area contributed by atoms with Crippen molar-refractivity contribution in [2.45, 2.75) is 19.5 Å². The quantitative estimate of drug-likeness (QED) is 0.734. The fourth-order valence-electron chi connectivity index (χ4n) is 3.59. The number of hydrogen-bond donors (Lipinski definition) is 1. The van der Waals surface area contributed by atoms with Crippen molar-refractivity contribution < 1.29 is 9.47 Å². The molecule has 0 fully saturated rings. The van der Waals surface area contributed by atoms with Gasteiger partial charge >= 0.3 is 0 Å². The molecule has 1 aliphatic rings. The SMILES string of the molecule is COc1cccc(CN2CCc3c(nc(-c4ccncc4)[nH]c3=O)C2)c1OC. The van der Waals surface area contributed by atoms with E-state index >= 15 is 0 Å². The van der Waals surface area contributed by atoms with E-state index in [2.05, 4.69) is 14.9 Å². The lowest BCUT2D eigenvalue weighted by molar-refractivity contribution is 0.235. The number of H-pyrrole nitrogens is 1. The molecule has 4 rings (SSSR count). The Hall–Kier alpha value is -3.19. The van der Waals surface area contributed by atoms with Crippen LogP contribution in [0.15, 0.2) is 47.5 Å². The van der Waals surface area contributed by atoms with E-state index in [1.165, 1.54) is 0 Å². The molecule has 7 heteroatoms. The molecule has 0 bridgehead atoms. The molecule has 0 saturated carbocycles. The van der Waals surface area contributed by atoms with E-state index in [1.54, 1.807) is 26.6 Å². The van der Waals surface area contributed by atoms with Crippen LogP contribution in [0.4, 0.5) is 0 Å². The third-order valence-electron chi connectivity index (χ3n) is 4.98. The van der Waals surface area contributed by atoms with Crippen LogP contribution in [0.1, 0.15) is 16.8 Å². The Morgan fingerprint density at radius 1 is 1.14 bits per heavy atom. The second-order valence-electron chi connectivity index (χ2n) is 6.69. The molecule has 0 aliphatic carbocycles. The third-order valence-corrected chi connectivity index (χ3v) is 4.98. The molecular formula is C21H22N4O3. The van der Waals surface area contributed by atoms with Gasteiger partial charge in [-0.25, -0.2) is 4.98 Å². The molecule has 1 N–H and O–H groups in total. The van der Waals surface area contributed by atoms with Crippen molar-refractivity contribution >= 4 is 0 Å². The zero-order chi connectivity index (χ0) is 19.5. The third kappa shape index (κ3) is 3.48. The lowest BCUT2D eigenvalue weighted by Gasteiger charge is -2.28.